The number of hydrogen-bond acceptors (Lipinski definition) is 4. The molecule has 0 aliphatic carbocycles. The fourth-order valence-corrected chi connectivity index (χ4v) is 4.16. The highest BCUT2D eigenvalue weighted by molar-refractivity contribution is 7.93. The summed E-state index contributed by atoms with van der Waals surface area (Å²) in [5.74, 6) is 4.42. The average Bonchev–Trinajstić information content (AvgIpc) is 2.55. The fraction of sp³-hybridized carbons (Fsp3) is 0.133. The molecular formula is C15H15Cl2N3O3S. The molecule has 6 nitrogen and oxygen atoms in total. The third-order valence-corrected chi connectivity index (χ3v) is 5.72. The number of carbonyl (C=O) groups is 1. The van der Waals surface area contributed by atoms with Gasteiger partial charge in [-0.2, -0.15) is 0 Å². The molecule has 2 aromatic carbocycles. The van der Waals surface area contributed by atoms with Gasteiger partial charge in [0.1, 0.15) is 11.4 Å². The Bertz CT molecular complexity index is 855. The van der Waals surface area contributed by atoms with Crippen LogP contribution in [0.1, 0.15) is 5.56 Å². The third kappa shape index (κ3) is 3.99. The number of nitrogens with one attached hydrogen (secondary N) is 1. The quantitative estimate of drug-likeness (QED) is 0.468. The van der Waals surface area contributed by atoms with E-state index in [2.05, 4.69) is 0 Å². The van der Waals surface area contributed by atoms with Crippen LogP contribution >= 0.6 is 23.2 Å². The van der Waals surface area contributed by atoms with Crippen LogP contribution in [0.5, 0.6) is 0 Å². The second kappa shape index (κ2) is 7.40. The lowest BCUT2D eigenvalue weighted by molar-refractivity contribution is -0.119. The van der Waals surface area contributed by atoms with Crippen LogP contribution in [0, 0.1) is 6.92 Å². The summed E-state index contributed by atoms with van der Waals surface area (Å²) >= 11 is 11.9. The van der Waals surface area contributed by atoms with Gasteiger partial charge in [0.15, 0.2) is 0 Å². The topological polar surface area (TPSA) is 92.5 Å². The van der Waals surface area contributed by atoms with Gasteiger partial charge in [0.05, 0.1) is 10.7 Å². The minimum absolute atomic E-state index is 0.00432. The van der Waals surface area contributed by atoms with Crippen molar-refractivity contribution in [3.63, 3.8) is 0 Å². The number of halogens is 2. The van der Waals surface area contributed by atoms with Crippen molar-refractivity contribution in [3.05, 3.63) is 58.1 Å². The molecule has 0 aromatic heterocycles. The summed E-state index contributed by atoms with van der Waals surface area (Å²) in [7, 11) is -4.12. The molecule has 0 aliphatic heterocycles. The molecule has 9 heteroatoms. The maximum atomic E-state index is 13.0. The number of hydrazine groups is 1. The van der Waals surface area contributed by atoms with E-state index in [0.29, 0.717) is 5.69 Å². The van der Waals surface area contributed by atoms with Crippen molar-refractivity contribution >= 4 is 44.8 Å². The minimum atomic E-state index is -4.12. The maximum Gasteiger partial charge on any atom is 0.266 e. The molecule has 0 saturated carbocycles. The molecule has 0 atom stereocenters. The Labute approximate surface area is 150 Å². The molecule has 0 fully saturated rings. The summed E-state index contributed by atoms with van der Waals surface area (Å²) in [5, 5.41) is 0.217. The number of rotatable bonds is 5. The van der Waals surface area contributed by atoms with Gasteiger partial charge in [-0.15, -0.1) is 0 Å². The first-order valence-corrected chi connectivity index (χ1v) is 8.99. The predicted molar refractivity (Wildman–Crippen MR) is 94.5 cm³/mol. The van der Waals surface area contributed by atoms with Crippen LogP contribution in [-0.2, 0) is 14.8 Å². The molecule has 0 unspecified atom stereocenters. The molecule has 3 N–H and O–H groups in total. The molecule has 0 heterocycles. The minimum Gasteiger partial charge on any atom is -0.293 e. The summed E-state index contributed by atoms with van der Waals surface area (Å²) in [6.45, 7) is 1.37. The van der Waals surface area contributed by atoms with Crippen molar-refractivity contribution in [1.29, 1.82) is 0 Å². The third-order valence-electron chi connectivity index (χ3n) is 3.23. The van der Waals surface area contributed by atoms with E-state index in [0.717, 1.165) is 9.87 Å². The number of benzene rings is 2. The first-order valence-electron chi connectivity index (χ1n) is 6.79. The largest absolute Gasteiger partial charge is 0.293 e. The maximum absolute atomic E-state index is 13.0. The van der Waals surface area contributed by atoms with Crippen LogP contribution in [0.15, 0.2) is 47.4 Å². The standard InChI is InChI=1S/C15H15Cl2N3O3S/c1-10-2-5-12(6-3-10)20(9-15(21)19-18)24(22,23)14-8-11(16)4-7-13(14)17/h2-8H,9,18H2,1H3,(H,19,21). The second-order valence-corrected chi connectivity index (χ2v) is 7.66. The van der Waals surface area contributed by atoms with E-state index in [-0.39, 0.29) is 14.9 Å². The number of hydrogen-bond donors (Lipinski definition) is 2. The number of nitrogens with zero attached hydrogens (tertiary/aromatic N) is 1. The summed E-state index contributed by atoms with van der Waals surface area (Å²) in [6, 6.07) is 10.7. The van der Waals surface area contributed by atoms with Gasteiger partial charge >= 0.3 is 0 Å². The second-order valence-electron chi connectivity index (χ2n) is 4.99. The van der Waals surface area contributed by atoms with E-state index in [4.69, 9.17) is 29.0 Å². The Morgan fingerprint density at radius 3 is 2.38 bits per heavy atom. The van der Waals surface area contributed by atoms with Gasteiger partial charge < -0.3 is 0 Å². The van der Waals surface area contributed by atoms with Crippen LogP contribution in [-0.4, -0.2) is 20.9 Å². The molecular weight excluding hydrogens is 373 g/mol. The Hall–Kier alpha value is -1.80. The number of nitrogens with two attached hydrogens (primary N) is 1. The van der Waals surface area contributed by atoms with Gasteiger partial charge in [0, 0.05) is 5.02 Å². The first-order chi connectivity index (χ1) is 11.3. The van der Waals surface area contributed by atoms with Crippen LogP contribution in [0.4, 0.5) is 5.69 Å². The van der Waals surface area contributed by atoms with Gasteiger partial charge in [-0.1, -0.05) is 40.9 Å². The zero-order chi connectivity index (χ0) is 17.9. The first kappa shape index (κ1) is 18.5. The van der Waals surface area contributed by atoms with Crippen molar-refractivity contribution in [3.8, 4) is 0 Å². The van der Waals surface area contributed by atoms with Crippen LogP contribution in [0.25, 0.3) is 0 Å². The lowest BCUT2D eigenvalue weighted by atomic mass is 10.2. The van der Waals surface area contributed by atoms with Crippen LogP contribution in [0.3, 0.4) is 0 Å². The number of amides is 1. The lowest BCUT2D eigenvalue weighted by Gasteiger charge is -2.24. The summed E-state index contributed by atoms with van der Waals surface area (Å²) < 4.78 is 26.9. The molecule has 0 spiro atoms. The van der Waals surface area contributed by atoms with E-state index in [1.807, 2.05) is 12.3 Å². The molecule has 0 saturated heterocycles. The van der Waals surface area contributed by atoms with E-state index >= 15 is 0 Å². The van der Waals surface area contributed by atoms with Gasteiger partial charge in [-0.3, -0.25) is 14.5 Å². The molecule has 24 heavy (non-hydrogen) atoms. The van der Waals surface area contributed by atoms with Crippen LogP contribution in [0.2, 0.25) is 10.0 Å². The van der Waals surface area contributed by atoms with Gasteiger partial charge in [-0.05, 0) is 37.3 Å². The molecule has 2 aromatic rings. The highest BCUT2D eigenvalue weighted by Crippen LogP contribution is 2.30. The molecule has 0 aliphatic rings. The smallest absolute Gasteiger partial charge is 0.266 e. The zero-order valence-corrected chi connectivity index (χ0v) is 15.0. The monoisotopic (exact) mass is 387 g/mol. The lowest BCUT2D eigenvalue weighted by Crippen LogP contribution is -2.43. The number of aryl methyl sites for hydroxylation is 1. The van der Waals surface area contributed by atoms with Crippen molar-refractivity contribution in [2.75, 3.05) is 10.8 Å². The molecule has 1 amide bonds. The predicted octanol–water partition coefficient (Wildman–Crippen LogP) is 2.49. The fourth-order valence-electron chi connectivity index (χ4n) is 2.00. The summed E-state index contributed by atoms with van der Waals surface area (Å²) in [6.07, 6.45) is 0. The zero-order valence-electron chi connectivity index (χ0n) is 12.7. The van der Waals surface area contributed by atoms with Crippen molar-refractivity contribution in [2.45, 2.75) is 11.8 Å². The van der Waals surface area contributed by atoms with Gasteiger partial charge in [0.2, 0.25) is 0 Å². The number of carbonyl (C=O) groups excluding carboxylic acids is 1. The molecule has 0 radical (unpaired) electrons. The Morgan fingerprint density at radius 1 is 1.17 bits per heavy atom. The van der Waals surface area contributed by atoms with Crippen molar-refractivity contribution < 1.29 is 13.2 Å². The van der Waals surface area contributed by atoms with E-state index in [1.54, 1.807) is 24.3 Å². The summed E-state index contributed by atoms with van der Waals surface area (Å²) in [4.78, 5) is 11.5. The van der Waals surface area contributed by atoms with E-state index in [9.17, 15) is 13.2 Å². The number of anilines is 1. The Morgan fingerprint density at radius 2 is 1.79 bits per heavy atom. The highest BCUT2D eigenvalue weighted by Gasteiger charge is 2.29. The normalized spacial score (nSPS) is 11.2. The van der Waals surface area contributed by atoms with Gasteiger partial charge in [0.25, 0.3) is 15.9 Å². The average molecular weight is 388 g/mol. The number of sulfonamides is 1. The van der Waals surface area contributed by atoms with E-state index in [1.165, 1.54) is 18.2 Å². The molecule has 0 bridgehead atoms. The summed E-state index contributed by atoms with van der Waals surface area (Å²) in [5.41, 5.74) is 3.17. The van der Waals surface area contributed by atoms with Crippen molar-refractivity contribution in [2.24, 2.45) is 5.84 Å². The molecule has 2 rings (SSSR count). The van der Waals surface area contributed by atoms with Crippen LogP contribution < -0.4 is 15.6 Å². The highest BCUT2D eigenvalue weighted by atomic mass is 35.5. The SMILES string of the molecule is Cc1ccc(N(CC(=O)NN)S(=O)(=O)c2cc(Cl)ccc2Cl)cc1. The Balaban J connectivity index is 2.58. The van der Waals surface area contributed by atoms with Gasteiger partial charge in [-0.25, -0.2) is 14.3 Å². The molecule has 128 valence electrons. The van der Waals surface area contributed by atoms with Crippen molar-refractivity contribution in [1.82, 2.24) is 5.43 Å². The van der Waals surface area contributed by atoms with E-state index < -0.39 is 22.5 Å². The Kier molecular flexibility index (Phi) is 5.71.